The van der Waals surface area contributed by atoms with Crippen LogP contribution in [0.3, 0.4) is 0 Å². The van der Waals surface area contributed by atoms with Gasteiger partial charge in [-0.2, -0.15) is 0 Å². The number of piperazine rings is 1. The second-order valence-corrected chi connectivity index (χ2v) is 4.63. The lowest BCUT2D eigenvalue weighted by Crippen LogP contribution is -2.50. The van der Waals surface area contributed by atoms with Crippen molar-refractivity contribution in [2.24, 2.45) is 0 Å². The number of benzene rings is 1. The molecule has 2 rings (SSSR count). The van der Waals surface area contributed by atoms with E-state index >= 15 is 0 Å². The molecule has 0 saturated carbocycles. The van der Waals surface area contributed by atoms with E-state index in [0.29, 0.717) is 6.04 Å². The van der Waals surface area contributed by atoms with Gasteiger partial charge in [-0.25, -0.2) is 0 Å². The van der Waals surface area contributed by atoms with Crippen LogP contribution in [0.2, 0.25) is 10.0 Å². The minimum absolute atomic E-state index is 0. The van der Waals surface area contributed by atoms with Crippen LogP contribution in [0.25, 0.3) is 0 Å². The van der Waals surface area contributed by atoms with Crippen LogP contribution in [-0.4, -0.2) is 25.7 Å². The highest BCUT2D eigenvalue weighted by molar-refractivity contribution is 6.39. The molecular formula is C11H15Cl3N2. The zero-order valence-electron chi connectivity index (χ0n) is 9.04. The van der Waals surface area contributed by atoms with Crippen molar-refractivity contribution in [2.45, 2.75) is 13.0 Å². The summed E-state index contributed by atoms with van der Waals surface area (Å²) in [6, 6.07) is 6.08. The van der Waals surface area contributed by atoms with Crippen LogP contribution in [0.4, 0.5) is 5.69 Å². The van der Waals surface area contributed by atoms with Crippen molar-refractivity contribution < 1.29 is 0 Å². The number of nitrogens with zero attached hydrogens (tertiary/aromatic N) is 1. The lowest BCUT2D eigenvalue weighted by Gasteiger charge is -2.36. The standard InChI is InChI=1S/C11H14Cl2N2.ClH/c1-8-7-14-5-6-15(8)11-9(12)3-2-4-10(11)13;/h2-4,8,14H,5-7H2,1H3;1H. The predicted octanol–water partition coefficient (Wildman–Crippen LogP) is 3.21. The molecule has 1 aromatic carbocycles. The molecule has 0 bridgehead atoms. The molecule has 0 aromatic heterocycles. The Balaban J connectivity index is 0.00000128. The van der Waals surface area contributed by atoms with Gasteiger partial charge in [0.05, 0.1) is 15.7 Å². The van der Waals surface area contributed by atoms with E-state index in [9.17, 15) is 0 Å². The Labute approximate surface area is 112 Å². The van der Waals surface area contributed by atoms with Crippen LogP contribution >= 0.6 is 35.6 Å². The third-order valence-corrected chi connectivity index (χ3v) is 3.34. The van der Waals surface area contributed by atoms with E-state index in [1.54, 1.807) is 0 Å². The molecule has 16 heavy (non-hydrogen) atoms. The summed E-state index contributed by atoms with van der Waals surface area (Å²) in [7, 11) is 0. The Bertz CT molecular complexity index is 337. The fourth-order valence-corrected chi connectivity index (χ4v) is 2.55. The fraction of sp³-hybridized carbons (Fsp3) is 0.455. The van der Waals surface area contributed by atoms with Crippen molar-refractivity contribution in [2.75, 3.05) is 24.5 Å². The van der Waals surface area contributed by atoms with E-state index < -0.39 is 0 Å². The largest absolute Gasteiger partial charge is 0.364 e. The van der Waals surface area contributed by atoms with Gasteiger partial charge in [0, 0.05) is 25.7 Å². The number of hydrogen-bond acceptors (Lipinski definition) is 2. The van der Waals surface area contributed by atoms with Crippen molar-refractivity contribution in [1.82, 2.24) is 5.32 Å². The van der Waals surface area contributed by atoms with Crippen LogP contribution in [0.1, 0.15) is 6.92 Å². The number of anilines is 1. The van der Waals surface area contributed by atoms with Crippen LogP contribution < -0.4 is 10.2 Å². The highest BCUT2D eigenvalue weighted by Crippen LogP contribution is 2.34. The first-order valence-corrected chi connectivity index (χ1v) is 5.87. The Morgan fingerprint density at radius 3 is 2.50 bits per heavy atom. The zero-order chi connectivity index (χ0) is 10.8. The van der Waals surface area contributed by atoms with Gasteiger partial charge in [0.25, 0.3) is 0 Å². The van der Waals surface area contributed by atoms with Crippen molar-refractivity contribution in [1.29, 1.82) is 0 Å². The van der Waals surface area contributed by atoms with Crippen molar-refractivity contribution >= 4 is 41.3 Å². The molecule has 1 saturated heterocycles. The Kier molecular flexibility index (Phi) is 5.19. The molecule has 1 aliphatic heterocycles. The minimum atomic E-state index is 0. The maximum Gasteiger partial charge on any atom is 0.0748 e. The SMILES string of the molecule is CC1CNCCN1c1c(Cl)cccc1Cl.Cl. The Morgan fingerprint density at radius 1 is 1.31 bits per heavy atom. The maximum absolute atomic E-state index is 6.18. The van der Waals surface area contributed by atoms with Gasteiger partial charge < -0.3 is 10.2 Å². The van der Waals surface area contributed by atoms with E-state index in [-0.39, 0.29) is 12.4 Å². The quantitative estimate of drug-likeness (QED) is 0.850. The van der Waals surface area contributed by atoms with E-state index in [2.05, 4.69) is 17.1 Å². The summed E-state index contributed by atoms with van der Waals surface area (Å²) >= 11 is 12.4. The van der Waals surface area contributed by atoms with E-state index in [0.717, 1.165) is 35.4 Å². The summed E-state index contributed by atoms with van der Waals surface area (Å²) in [5.41, 5.74) is 0.967. The zero-order valence-corrected chi connectivity index (χ0v) is 11.4. The normalized spacial score (nSPS) is 20.4. The maximum atomic E-state index is 6.18. The molecule has 0 aliphatic carbocycles. The number of hydrogen-bond donors (Lipinski definition) is 1. The van der Waals surface area contributed by atoms with Crippen molar-refractivity contribution in [3.8, 4) is 0 Å². The van der Waals surface area contributed by atoms with Gasteiger partial charge in [-0.3, -0.25) is 0 Å². The van der Waals surface area contributed by atoms with E-state index in [4.69, 9.17) is 23.2 Å². The van der Waals surface area contributed by atoms with E-state index in [1.807, 2.05) is 18.2 Å². The van der Waals surface area contributed by atoms with E-state index in [1.165, 1.54) is 0 Å². The number of nitrogens with one attached hydrogen (secondary N) is 1. The molecule has 90 valence electrons. The minimum Gasteiger partial charge on any atom is -0.364 e. The third-order valence-electron chi connectivity index (χ3n) is 2.73. The summed E-state index contributed by atoms with van der Waals surface area (Å²) in [4.78, 5) is 2.27. The second kappa shape index (κ2) is 5.97. The molecule has 1 atom stereocenters. The second-order valence-electron chi connectivity index (χ2n) is 3.82. The van der Waals surface area contributed by atoms with Gasteiger partial charge in [-0.15, -0.1) is 12.4 Å². The highest BCUT2D eigenvalue weighted by Gasteiger charge is 2.22. The van der Waals surface area contributed by atoms with Crippen LogP contribution in [0, 0.1) is 0 Å². The number of rotatable bonds is 1. The number of halogens is 3. The Hall–Kier alpha value is -0.150. The van der Waals surface area contributed by atoms with Gasteiger partial charge in [-0.1, -0.05) is 29.3 Å². The number of para-hydroxylation sites is 1. The molecule has 1 aromatic rings. The van der Waals surface area contributed by atoms with Crippen LogP contribution in [0.15, 0.2) is 18.2 Å². The van der Waals surface area contributed by atoms with Crippen LogP contribution in [-0.2, 0) is 0 Å². The lowest BCUT2D eigenvalue weighted by atomic mass is 10.2. The first-order valence-electron chi connectivity index (χ1n) is 5.11. The topological polar surface area (TPSA) is 15.3 Å². The molecule has 0 amide bonds. The summed E-state index contributed by atoms with van der Waals surface area (Å²) < 4.78 is 0. The lowest BCUT2D eigenvalue weighted by molar-refractivity contribution is 0.501. The van der Waals surface area contributed by atoms with Crippen molar-refractivity contribution in [3.63, 3.8) is 0 Å². The highest BCUT2D eigenvalue weighted by atomic mass is 35.5. The molecule has 0 radical (unpaired) electrons. The summed E-state index contributed by atoms with van der Waals surface area (Å²) in [6.45, 7) is 5.07. The van der Waals surface area contributed by atoms with Crippen LogP contribution in [0.5, 0.6) is 0 Å². The average Bonchev–Trinajstić information content (AvgIpc) is 2.20. The molecule has 0 spiro atoms. The van der Waals surface area contributed by atoms with Gasteiger partial charge in [-0.05, 0) is 19.1 Å². The van der Waals surface area contributed by atoms with Gasteiger partial charge in [0.1, 0.15) is 0 Å². The Morgan fingerprint density at radius 2 is 1.94 bits per heavy atom. The summed E-state index contributed by atoms with van der Waals surface area (Å²) in [6.07, 6.45) is 0. The smallest absolute Gasteiger partial charge is 0.0748 e. The molecule has 1 aliphatic rings. The van der Waals surface area contributed by atoms with Gasteiger partial charge in [0.2, 0.25) is 0 Å². The summed E-state index contributed by atoms with van der Waals surface area (Å²) in [5.74, 6) is 0. The monoisotopic (exact) mass is 280 g/mol. The van der Waals surface area contributed by atoms with Gasteiger partial charge >= 0.3 is 0 Å². The molecule has 1 fully saturated rings. The molecule has 2 nitrogen and oxygen atoms in total. The fourth-order valence-electron chi connectivity index (χ4n) is 1.94. The van der Waals surface area contributed by atoms with Gasteiger partial charge in [0.15, 0.2) is 0 Å². The predicted molar refractivity (Wildman–Crippen MR) is 73.4 cm³/mol. The third kappa shape index (κ3) is 2.75. The molecule has 1 heterocycles. The molecule has 1 unspecified atom stereocenters. The first kappa shape index (κ1) is 13.9. The molecule has 1 N–H and O–H groups in total. The molecular weight excluding hydrogens is 266 g/mol. The average molecular weight is 282 g/mol. The molecule has 5 heteroatoms. The summed E-state index contributed by atoms with van der Waals surface area (Å²) in [5, 5.41) is 4.81. The first-order chi connectivity index (χ1) is 7.20. The van der Waals surface area contributed by atoms with Crippen molar-refractivity contribution in [3.05, 3.63) is 28.2 Å².